The molecule has 4 rings (SSSR count). The van der Waals surface area contributed by atoms with Crippen molar-refractivity contribution in [2.75, 3.05) is 10.6 Å². The Hall–Kier alpha value is -6.06. The first-order valence-corrected chi connectivity index (χ1v) is 14.9. The summed E-state index contributed by atoms with van der Waals surface area (Å²) in [7, 11) is 0. The molecule has 12 nitrogen and oxygen atoms in total. The Morgan fingerprint density at radius 2 is 1.43 bits per heavy atom. The zero-order valence-electron chi connectivity index (χ0n) is 26.3. The first-order chi connectivity index (χ1) is 25.1. The van der Waals surface area contributed by atoms with Crippen LogP contribution in [0.2, 0.25) is 5.02 Å². The predicted octanol–water partition coefficient (Wildman–Crippen LogP) is 5.94. The Bertz CT molecular complexity index is 2060. The van der Waals surface area contributed by atoms with E-state index >= 15 is 0 Å². The van der Waals surface area contributed by atoms with Crippen LogP contribution < -0.4 is 16.0 Å². The largest absolute Gasteiger partial charge is 0.478 e. The van der Waals surface area contributed by atoms with Gasteiger partial charge in [-0.05, 0) is 70.6 Å². The third-order valence-corrected chi connectivity index (χ3v) is 7.51. The summed E-state index contributed by atoms with van der Waals surface area (Å²) in [5.74, 6) is -28.5. The van der Waals surface area contributed by atoms with Crippen molar-refractivity contribution in [3.05, 3.63) is 101 Å². The van der Waals surface area contributed by atoms with Crippen LogP contribution in [0.5, 0.6) is 0 Å². The molecule has 0 aliphatic rings. The maximum Gasteiger partial charge on any atom is 0.460 e. The number of aromatic nitrogens is 4. The van der Waals surface area contributed by atoms with Crippen LogP contribution in [0.4, 0.5) is 55.3 Å². The minimum atomic E-state index is -7.29. The van der Waals surface area contributed by atoms with Gasteiger partial charge in [0.2, 0.25) is 11.8 Å². The molecule has 1 heterocycles. The molecular weight excluding hydrogens is 776 g/mol. The van der Waals surface area contributed by atoms with E-state index in [0.29, 0.717) is 0 Å². The number of aromatic carboxylic acids is 1. The van der Waals surface area contributed by atoms with Crippen LogP contribution in [0.1, 0.15) is 21.5 Å². The molecule has 1 unspecified atom stereocenters. The molecule has 1 atom stereocenters. The fourth-order valence-electron chi connectivity index (χ4n) is 4.39. The number of nitrogens with one attached hydrogen (secondary N) is 3. The molecule has 4 N–H and O–H groups in total. The van der Waals surface area contributed by atoms with Crippen LogP contribution >= 0.6 is 11.6 Å². The summed E-state index contributed by atoms with van der Waals surface area (Å²) in [4.78, 5) is 49.3. The highest BCUT2D eigenvalue weighted by Gasteiger charge is 2.83. The number of halogens is 11. The van der Waals surface area contributed by atoms with Crippen molar-refractivity contribution in [2.24, 2.45) is 0 Å². The summed E-state index contributed by atoms with van der Waals surface area (Å²) >= 11 is 5.88. The van der Waals surface area contributed by atoms with Crippen molar-refractivity contribution in [3.63, 3.8) is 0 Å². The molecule has 54 heavy (non-hydrogen) atoms. The van der Waals surface area contributed by atoms with E-state index in [9.17, 15) is 63.1 Å². The fourth-order valence-corrected chi connectivity index (χ4v) is 4.55. The van der Waals surface area contributed by atoms with Crippen LogP contribution in [0.25, 0.3) is 11.8 Å². The average Bonchev–Trinajstić information content (AvgIpc) is 3.64. The van der Waals surface area contributed by atoms with Crippen LogP contribution in [-0.2, 0) is 20.8 Å². The maximum absolute atomic E-state index is 15.0. The van der Waals surface area contributed by atoms with E-state index in [0.717, 1.165) is 64.9 Å². The summed E-state index contributed by atoms with van der Waals surface area (Å²) < 4.78 is 135. The van der Waals surface area contributed by atoms with Crippen LogP contribution in [0, 0.1) is 5.82 Å². The Labute approximate surface area is 299 Å². The zero-order valence-corrected chi connectivity index (χ0v) is 27.1. The van der Waals surface area contributed by atoms with Gasteiger partial charge >= 0.3 is 35.8 Å². The highest BCUT2D eigenvalue weighted by atomic mass is 35.5. The van der Waals surface area contributed by atoms with E-state index in [4.69, 9.17) is 16.7 Å². The Morgan fingerprint density at radius 3 is 1.98 bits per heavy atom. The van der Waals surface area contributed by atoms with Crippen molar-refractivity contribution >= 4 is 52.7 Å². The molecule has 0 radical (unpaired) electrons. The smallest absolute Gasteiger partial charge is 0.460 e. The molecule has 3 amide bonds. The lowest BCUT2D eigenvalue weighted by atomic mass is 10.0. The average molecular weight is 796 g/mol. The number of anilines is 2. The first-order valence-electron chi connectivity index (χ1n) is 14.5. The number of hydrogen-bond donors (Lipinski definition) is 4. The van der Waals surface area contributed by atoms with Crippen molar-refractivity contribution in [3.8, 4) is 5.69 Å². The molecule has 0 saturated heterocycles. The van der Waals surface area contributed by atoms with Crippen LogP contribution in [-0.4, -0.2) is 79.0 Å². The van der Waals surface area contributed by atoms with Gasteiger partial charge in [0.25, 0.3) is 0 Å². The van der Waals surface area contributed by atoms with E-state index in [1.807, 2.05) is 0 Å². The number of hydrogen-bond acceptors (Lipinski definition) is 7. The Balaban J connectivity index is 1.56. The van der Waals surface area contributed by atoms with E-state index in [-0.39, 0.29) is 33.1 Å². The van der Waals surface area contributed by atoms with Crippen molar-refractivity contribution in [2.45, 2.75) is 36.4 Å². The molecule has 0 spiro atoms. The molecule has 4 aromatic rings. The van der Waals surface area contributed by atoms with Gasteiger partial charge in [-0.25, -0.2) is 9.18 Å². The number of carbonyl (C=O) groups is 4. The third kappa shape index (κ3) is 8.59. The van der Waals surface area contributed by atoms with Gasteiger partial charge in [0.1, 0.15) is 12.4 Å². The molecule has 0 bridgehead atoms. The van der Waals surface area contributed by atoms with E-state index in [1.54, 1.807) is 0 Å². The number of carboxylic acids is 1. The number of benzene rings is 3. The summed E-state index contributed by atoms with van der Waals surface area (Å²) in [5.41, 5.74) is -1.01. The predicted molar refractivity (Wildman–Crippen MR) is 167 cm³/mol. The molecule has 286 valence electrons. The van der Waals surface area contributed by atoms with E-state index in [2.05, 4.69) is 26.2 Å². The number of rotatable bonds is 13. The number of carboxylic acid groups (broad SMARTS) is 1. The second kappa shape index (κ2) is 15.5. The quantitative estimate of drug-likeness (QED) is 0.0953. The molecule has 3 aromatic carbocycles. The lowest BCUT2D eigenvalue weighted by Crippen LogP contribution is -2.64. The summed E-state index contributed by atoms with van der Waals surface area (Å²) in [6.45, 7) is 0. The normalized spacial score (nSPS) is 13.0. The summed E-state index contributed by atoms with van der Waals surface area (Å²) in [6.07, 6.45) is -4.69. The first kappa shape index (κ1) is 40.7. The topological polar surface area (TPSA) is 168 Å². The number of amides is 3. The second-order valence-corrected chi connectivity index (χ2v) is 11.3. The molecule has 0 fully saturated rings. The Morgan fingerprint density at radius 1 is 0.833 bits per heavy atom. The van der Waals surface area contributed by atoms with Gasteiger partial charge in [-0.15, -0.1) is 5.10 Å². The minimum Gasteiger partial charge on any atom is -0.478 e. The zero-order chi connectivity index (χ0) is 40.2. The molecule has 1 aromatic heterocycles. The Kier molecular flexibility index (Phi) is 11.7. The molecule has 0 aliphatic heterocycles. The van der Waals surface area contributed by atoms with Crippen molar-refractivity contribution in [1.82, 2.24) is 25.5 Å². The van der Waals surface area contributed by atoms with E-state index in [1.165, 1.54) is 24.3 Å². The highest BCUT2D eigenvalue weighted by Crippen LogP contribution is 2.53. The molecule has 0 aliphatic carbocycles. The highest BCUT2D eigenvalue weighted by molar-refractivity contribution is 6.31. The SMILES string of the molecule is O=C(/C=C/c1c(-n2cnnn2)ccc(Cl)c1F)NC(Cc1ccc(NC(=O)C(F)(F)C(F)(F)C(F)(F)C(F)(F)F)cc1)C(=O)Nc1ccc(C(=O)O)cc1. The lowest BCUT2D eigenvalue weighted by Gasteiger charge is -2.32. The standard InChI is InChI=1S/C31H20ClF10N7O5/c32-20-10-11-22(49-14-43-47-48-49)19(24(20)33)9-12-23(50)46-21(25(51)44-17-7-3-16(4-8-17)26(52)53)13-15-1-5-18(6-2-15)45-27(54)28(34,35)29(36,37)30(38,39)31(40,41)42/h1-12,14,21H,13H2,(H,44,51)(H,45,54)(H,46,50)(H,52,53)/b12-9+. The molecule has 0 saturated carbocycles. The van der Waals surface area contributed by atoms with E-state index < -0.39 is 71.6 Å². The molecule has 23 heteroatoms. The van der Waals surface area contributed by atoms with Crippen molar-refractivity contribution < 1.29 is 68.2 Å². The van der Waals surface area contributed by atoms with Gasteiger partial charge in [-0.2, -0.15) is 44.2 Å². The third-order valence-electron chi connectivity index (χ3n) is 7.22. The van der Waals surface area contributed by atoms with Gasteiger partial charge < -0.3 is 21.1 Å². The van der Waals surface area contributed by atoms with Crippen LogP contribution in [0.15, 0.2) is 73.1 Å². The molecular formula is C31H20ClF10N7O5. The summed E-state index contributed by atoms with van der Waals surface area (Å²) in [5, 5.41) is 25.2. The number of nitrogens with zero attached hydrogens (tertiary/aromatic N) is 4. The fraction of sp³-hybridized carbons (Fsp3) is 0.194. The maximum atomic E-state index is 15.0. The van der Waals surface area contributed by atoms with Gasteiger partial charge in [-0.1, -0.05) is 23.7 Å². The van der Waals surface area contributed by atoms with Gasteiger partial charge in [0.05, 0.1) is 16.3 Å². The minimum absolute atomic E-state index is 0.0489. The number of alkyl halides is 9. The monoisotopic (exact) mass is 795 g/mol. The number of carbonyl (C=O) groups excluding carboxylic acids is 3. The van der Waals surface area contributed by atoms with Crippen LogP contribution in [0.3, 0.4) is 0 Å². The number of tetrazole rings is 1. The van der Waals surface area contributed by atoms with Gasteiger partial charge in [0.15, 0.2) is 5.82 Å². The van der Waals surface area contributed by atoms with Crippen molar-refractivity contribution in [1.29, 1.82) is 0 Å². The lowest BCUT2D eigenvalue weighted by molar-refractivity contribution is -0.388. The second-order valence-electron chi connectivity index (χ2n) is 10.9. The van der Waals surface area contributed by atoms with Gasteiger partial charge in [0, 0.05) is 29.4 Å². The summed E-state index contributed by atoms with van der Waals surface area (Å²) in [6, 6.07) is 9.16. The van der Waals surface area contributed by atoms with Gasteiger partial charge in [-0.3, -0.25) is 14.4 Å².